The SMILES string of the molecule is CC[C@H]1CN2CCc3cc(OC)c(OC)cc3[C@@H]2C[C@@H]1C[C@@H]1c2cc(OC)c(OC)cc2CCN1C(=O)NCc1ccc(Cl)cc1. The van der Waals surface area contributed by atoms with Crippen LogP contribution in [-0.2, 0) is 19.4 Å². The molecule has 0 radical (unpaired) electrons. The Kier molecular flexibility index (Phi) is 9.85. The highest BCUT2D eigenvalue weighted by Gasteiger charge is 2.42. The van der Waals surface area contributed by atoms with Crippen LogP contribution in [0.15, 0.2) is 48.5 Å². The number of ether oxygens (including phenoxy) is 4. The van der Waals surface area contributed by atoms with Crippen molar-refractivity contribution in [1.82, 2.24) is 15.1 Å². The number of methoxy groups -OCH3 is 4. The second kappa shape index (κ2) is 14.0. The highest BCUT2D eigenvalue weighted by atomic mass is 35.5. The van der Waals surface area contributed by atoms with Gasteiger partial charge in [-0.1, -0.05) is 37.1 Å². The fourth-order valence-corrected chi connectivity index (χ4v) is 8.07. The van der Waals surface area contributed by atoms with Crippen molar-refractivity contribution in [1.29, 1.82) is 0 Å². The summed E-state index contributed by atoms with van der Waals surface area (Å²) in [4.78, 5) is 18.7. The van der Waals surface area contributed by atoms with Gasteiger partial charge in [0.2, 0.25) is 0 Å². The number of nitrogens with zero attached hydrogens (tertiary/aromatic N) is 2. The Bertz CT molecular complexity index is 1550. The standard InChI is InChI=1S/C37H46ClN3O5/c1-6-24-22-40-13-11-25-17-33(43-2)35(45-4)19-29(25)31(40)15-27(24)16-32-30-20-36(46-5)34(44-3)18-26(30)12-14-41(32)37(42)39-21-23-7-9-28(38)10-8-23/h7-10,17-20,24,27,31-32H,6,11-16,21-22H2,1-5H3,(H,39,42)/t24-,27+,31-,32+/m0/s1. The van der Waals surface area contributed by atoms with Crippen LogP contribution in [0.4, 0.5) is 4.79 Å². The van der Waals surface area contributed by atoms with Crippen molar-refractivity contribution in [2.45, 2.75) is 57.7 Å². The van der Waals surface area contributed by atoms with Crippen molar-refractivity contribution in [2.24, 2.45) is 11.8 Å². The number of halogens is 1. The third kappa shape index (κ3) is 6.34. The third-order valence-electron chi connectivity index (χ3n) is 10.4. The maximum absolute atomic E-state index is 14.0. The van der Waals surface area contributed by atoms with Crippen LogP contribution in [0.2, 0.25) is 5.02 Å². The summed E-state index contributed by atoms with van der Waals surface area (Å²) in [6, 6.07) is 16.3. The van der Waals surface area contributed by atoms with Crippen molar-refractivity contribution in [3.8, 4) is 23.0 Å². The molecule has 0 aromatic heterocycles. The van der Waals surface area contributed by atoms with Crippen LogP contribution in [0, 0.1) is 11.8 Å². The normalized spacial score (nSPS) is 22.3. The molecule has 2 amide bonds. The minimum atomic E-state index is -0.0900. The lowest BCUT2D eigenvalue weighted by Gasteiger charge is -2.49. The van der Waals surface area contributed by atoms with E-state index >= 15 is 0 Å². The molecule has 0 aliphatic carbocycles. The van der Waals surface area contributed by atoms with Crippen LogP contribution in [0.3, 0.4) is 0 Å². The second-order valence-electron chi connectivity index (χ2n) is 12.7. The number of rotatable bonds is 9. The molecule has 0 unspecified atom stereocenters. The predicted octanol–water partition coefficient (Wildman–Crippen LogP) is 7.22. The molecule has 1 fully saturated rings. The monoisotopic (exact) mass is 647 g/mol. The van der Waals surface area contributed by atoms with Crippen molar-refractivity contribution >= 4 is 17.6 Å². The fourth-order valence-electron chi connectivity index (χ4n) is 7.95. The van der Waals surface area contributed by atoms with Gasteiger partial charge in [-0.05, 0) is 102 Å². The van der Waals surface area contributed by atoms with E-state index in [1.807, 2.05) is 29.2 Å². The summed E-state index contributed by atoms with van der Waals surface area (Å²) >= 11 is 6.10. The van der Waals surface area contributed by atoms with E-state index in [-0.39, 0.29) is 12.1 Å². The van der Waals surface area contributed by atoms with Gasteiger partial charge in [-0.2, -0.15) is 0 Å². The molecule has 3 aromatic rings. The van der Waals surface area contributed by atoms with Crippen LogP contribution in [-0.4, -0.2) is 63.9 Å². The number of piperidine rings is 1. The molecule has 0 spiro atoms. The van der Waals surface area contributed by atoms with Crippen LogP contribution in [0.1, 0.15) is 66.1 Å². The Balaban J connectivity index is 1.32. The van der Waals surface area contributed by atoms with Crippen LogP contribution in [0.25, 0.3) is 0 Å². The summed E-state index contributed by atoms with van der Waals surface area (Å²) in [6.07, 6.45) is 4.77. The van der Waals surface area contributed by atoms with Gasteiger partial charge in [0.05, 0.1) is 34.5 Å². The average molecular weight is 648 g/mol. The quantitative estimate of drug-likeness (QED) is 0.264. The first-order chi connectivity index (χ1) is 22.4. The van der Waals surface area contributed by atoms with Crippen LogP contribution in [0.5, 0.6) is 23.0 Å². The van der Waals surface area contributed by atoms with Gasteiger partial charge in [0.25, 0.3) is 0 Å². The zero-order chi connectivity index (χ0) is 32.4. The maximum Gasteiger partial charge on any atom is 0.318 e. The summed E-state index contributed by atoms with van der Waals surface area (Å²) in [5.41, 5.74) is 6.07. The number of amides is 2. The highest BCUT2D eigenvalue weighted by molar-refractivity contribution is 6.30. The number of carbonyl (C=O) groups excluding carboxylic acids is 1. The molecule has 1 N–H and O–H groups in total. The maximum atomic E-state index is 14.0. The molecule has 3 heterocycles. The summed E-state index contributed by atoms with van der Waals surface area (Å²) in [5.74, 6) is 3.94. The van der Waals surface area contributed by atoms with Crippen molar-refractivity contribution in [3.05, 3.63) is 81.4 Å². The zero-order valence-electron chi connectivity index (χ0n) is 27.6. The van der Waals surface area contributed by atoms with E-state index in [9.17, 15) is 4.79 Å². The van der Waals surface area contributed by atoms with Crippen molar-refractivity contribution in [3.63, 3.8) is 0 Å². The molecule has 4 atom stereocenters. The van der Waals surface area contributed by atoms with E-state index in [1.165, 1.54) is 16.7 Å². The largest absolute Gasteiger partial charge is 0.493 e. The van der Waals surface area contributed by atoms with Gasteiger partial charge in [0, 0.05) is 37.2 Å². The Hall–Kier alpha value is -3.62. The van der Waals surface area contributed by atoms with Crippen molar-refractivity contribution in [2.75, 3.05) is 48.1 Å². The molecule has 46 heavy (non-hydrogen) atoms. The van der Waals surface area contributed by atoms with Gasteiger partial charge in [-0.15, -0.1) is 0 Å². The van der Waals surface area contributed by atoms with E-state index in [0.29, 0.717) is 41.7 Å². The lowest BCUT2D eigenvalue weighted by Crippen LogP contribution is -2.49. The van der Waals surface area contributed by atoms with Gasteiger partial charge < -0.3 is 29.2 Å². The molecular weight excluding hydrogens is 602 g/mol. The molecule has 3 aliphatic rings. The first kappa shape index (κ1) is 32.3. The number of benzene rings is 3. The average Bonchev–Trinajstić information content (AvgIpc) is 3.09. The Morgan fingerprint density at radius 1 is 0.826 bits per heavy atom. The molecule has 0 bridgehead atoms. The molecule has 246 valence electrons. The molecule has 8 nitrogen and oxygen atoms in total. The van der Waals surface area contributed by atoms with Gasteiger partial charge in [0.15, 0.2) is 23.0 Å². The van der Waals surface area contributed by atoms with Gasteiger partial charge in [-0.25, -0.2) is 4.79 Å². The molecule has 3 aliphatic heterocycles. The number of hydrogen-bond acceptors (Lipinski definition) is 6. The highest BCUT2D eigenvalue weighted by Crippen LogP contribution is 2.49. The smallest absolute Gasteiger partial charge is 0.318 e. The number of nitrogens with one attached hydrogen (secondary N) is 1. The Labute approximate surface area is 277 Å². The zero-order valence-corrected chi connectivity index (χ0v) is 28.4. The van der Waals surface area contributed by atoms with Crippen molar-refractivity contribution < 1.29 is 23.7 Å². The topological polar surface area (TPSA) is 72.5 Å². The molecule has 0 saturated carbocycles. The first-order valence-electron chi connectivity index (χ1n) is 16.4. The fraction of sp³-hybridized carbons (Fsp3) is 0.486. The minimum Gasteiger partial charge on any atom is -0.493 e. The molecular formula is C37H46ClN3O5. The molecule has 3 aromatic carbocycles. The third-order valence-corrected chi connectivity index (χ3v) is 10.7. The molecule has 6 rings (SSSR count). The first-order valence-corrected chi connectivity index (χ1v) is 16.8. The number of urea groups is 1. The summed E-state index contributed by atoms with van der Waals surface area (Å²) in [5, 5.41) is 3.88. The minimum absolute atomic E-state index is 0.0503. The summed E-state index contributed by atoms with van der Waals surface area (Å²) < 4.78 is 22.8. The summed E-state index contributed by atoms with van der Waals surface area (Å²) in [7, 11) is 6.75. The van der Waals surface area contributed by atoms with E-state index in [2.05, 4.69) is 41.4 Å². The van der Waals surface area contributed by atoms with Crippen LogP contribution >= 0.6 is 11.6 Å². The molecule has 9 heteroatoms. The Morgan fingerprint density at radius 2 is 1.41 bits per heavy atom. The number of hydrogen-bond donors (Lipinski definition) is 1. The van der Waals surface area contributed by atoms with Crippen LogP contribution < -0.4 is 24.3 Å². The molecule has 1 saturated heterocycles. The van der Waals surface area contributed by atoms with E-state index in [4.69, 9.17) is 30.5 Å². The predicted molar refractivity (Wildman–Crippen MR) is 180 cm³/mol. The summed E-state index contributed by atoms with van der Waals surface area (Å²) in [6.45, 7) is 5.48. The van der Waals surface area contributed by atoms with E-state index in [0.717, 1.165) is 73.6 Å². The lowest BCUT2D eigenvalue weighted by molar-refractivity contribution is 0.0350. The van der Waals surface area contributed by atoms with E-state index in [1.54, 1.807) is 28.4 Å². The van der Waals surface area contributed by atoms with Gasteiger partial charge in [-0.3, -0.25) is 4.90 Å². The van der Waals surface area contributed by atoms with Gasteiger partial charge >= 0.3 is 6.03 Å². The van der Waals surface area contributed by atoms with E-state index < -0.39 is 0 Å². The van der Waals surface area contributed by atoms with Gasteiger partial charge in [0.1, 0.15) is 0 Å². The lowest BCUT2D eigenvalue weighted by atomic mass is 9.72. The number of carbonyl (C=O) groups is 1. The second-order valence-corrected chi connectivity index (χ2v) is 13.2. The number of fused-ring (bicyclic) bond motifs is 4. The Morgan fingerprint density at radius 3 is 2.04 bits per heavy atom.